The molecule has 0 fully saturated rings. The summed E-state index contributed by atoms with van der Waals surface area (Å²) in [6.45, 7) is 4.72. The van der Waals surface area contributed by atoms with Crippen LogP contribution in [0, 0.1) is 6.92 Å². The summed E-state index contributed by atoms with van der Waals surface area (Å²) in [4.78, 5) is 4.23. The summed E-state index contributed by atoms with van der Waals surface area (Å²) >= 11 is 0. The molecule has 0 aliphatic heterocycles. The molecule has 21 heavy (non-hydrogen) atoms. The average Bonchev–Trinajstić information content (AvgIpc) is 3.03. The highest BCUT2D eigenvalue weighted by Gasteiger charge is 2.11. The van der Waals surface area contributed by atoms with Gasteiger partial charge >= 0.3 is 0 Å². The molecule has 2 aromatic rings. The van der Waals surface area contributed by atoms with Gasteiger partial charge in [-0.25, -0.2) is 0 Å². The Morgan fingerprint density at radius 3 is 2.67 bits per heavy atom. The maximum atomic E-state index is 5.61. The van der Waals surface area contributed by atoms with Crippen LogP contribution >= 0.6 is 24.0 Å². The molecule has 1 atom stereocenters. The first-order valence-corrected chi connectivity index (χ1v) is 6.74. The molecule has 2 N–H and O–H groups in total. The molecule has 0 radical (unpaired) electrons. The van der Waals surface area contributed by atoms with Crippen molar-refractivity contribution in [3.8, 4) is 0 Å². The summed E-state index contributed by atoms with van der Waals surface area (Å²) in [6, 6.07) is 8.13. The van der Waals surface area contributed by atoms with Gasteiger partial charge in [-0.1, -0.05) is 0 Å². The molecule has 5 nitrogen and oxygen atoms in total. The van der Waals surface area contributed by atoms with Gasteiger partial charge in [0.2, 0.25) is 0 Å². The number of guanidine groups is 1. The molecule has 0 spiro atoms. The maximum absolute atomic E-state index is 5.61. The third-order valence-electron chi connectivity index (χ3n) is 3.25. The van der Waals surface area contributed by atoms with Gasteiger partial charge in [-0.15, -0.1) is 24.0 Å². The highest BCUT2D eigenvalue weighted by Crippen LogP contribution is 2.15. The van der Waals surface area contributed by atoms with Crippen LogP contribution in [0.5, 0.6) is 0 Å². The molecule has 1 unspecified atom stereocenters. The topological polar surface area (TPSA) is 54.5 Å². The van der Waals surface area contributed by atoms with Crippen LogP contribution in [0.4, 0.5) is 0 Å². The van der Waals surface area contributed by atoms with Gasteiger partial charge in [0.05, 0.1) is 12.6 Å². The predicted molar refractivity (Wildman–Crippen MR) is 96.0 cm³/mol. The number of halogens is 1. The summed E-state index contributed by atoms with van der Waals surface area (Å²) in [5.74, 6) is 2.58. The third kappa shape index (κ3) is 4.80. The molecule has 0 aliphatic rings. The first-order valence-electron chi connectivity index (χ1n) is 6.74. The Hall–Kier alpha value is -1.44. The lowest BCUT2D eigenvalue weighted by atomic mass is 10.2. The number of nitrogens with one attached hydrogen (secondary N) is 2. The van der Waals surface area contributed by atoms with Gasteiger partial charge in [0.1, 0.15) is 11.5 Å². The second-order valence-corrected chi connectivity index (χ2v) is 4.85. The van der Waals surface area contributed by atoms with Crippen molar-refractivity contribution in [3.63, 3.8) is 0 Å². The van der Waals surface area contributed by atoms with Crippen LogP contribution in [0.1, 0.15) is 30.2 Å². The van der Waals surface area contributed by atoms with E-state index < -0.39 is 0 Å². The van der Waals surface area contributed by atoms with E-state index in [1.807, 2.05) is 45.3 Å². The lowest BCUT2D eigenvalue weighted by molar-refractivity contribution is 0.441. The second-order valence-electron chi connectivity index (χ2n) is 4.85. The van der Waals surface area contributed by atoms with Gasteiger partial charge in [0.25, 0.3) is 0 Å². The van der Waals surface area contributed by atoms with E-state index in [4.69, 9.17) is 4.42 Å². The zero-order valence-electron chi connectivity index (χ0n) is 12.9. The fourth-order valence-corrected chi connectivity index (χ4v) is 2.01. The summed E-state index contributed by atoms with van der Waals surface area (Å²) in [5.41, 5.74) is 1.20. The molecule has 0 amide bonds. The van der Waals surface area contributed by atoms with Crippen molar-refractivity contribution in [2.75, 3.05) is 7.05 Å². The quantitative estimate of drug-likeness (QED) is 0.470. The van der Waals surface area contributed by atoms with Gasteiger partial charge in [-0.2, -0.15) is 0 Å². The van der Waals surface area contributed by atoms with Gasteiger partial charge in [0.15, 0.2) is 5.96 Å². The van der Waals surface area contributed by atoms with E-state index in [9.17, 15) is 0 Å². The number of rotatable bonds is 4. The molecule has 0 saturated heterocycles. The van der Waals surface area contributed by atoms with E-state index in [1.54, 1.807) is 7.05 Å². The van der Waals surface area contributed by atoms with Crippen LogP contribution < -0.4 is 10.6 Å². The van der Waals surface area contributed by atoms with Crippen LogP contribution in [0.2, 0.25) is 0 Å². The van der Waals surface area contributed by atoms with Crippen LogP contribution in [0.15, 0.2) is 39.9 Å². The van der Waals surface area contributed by atoms with E-state index >= 15 is 0 Å². The van der Waals surface area contributed by atoms with Crippen molar-refractivity contribution in [3.05, 3.63) is 47.7 Å². The SMILES string of the molecule is CN=C(NCc1cccn1C)NC(C)c1ccc(C)o1.I. The molecule has 0 aliphatic carbocycles. The third-order valence-corrected chi connectivity index (χ3v) is 3.25. The molecular formula is C15H23IN4O. The zero-order chi connectivity index (χ0) is 14.5. The van der Waals surface area contributed by atoms with E-state index in [1.165, 1.54) is 5.69 Å². The number of furan rings is 1. The summed E-state index contributed by atoms with van der Waals surface area (Å²) < 4.78 is 7.69. The highest BCUT2D eigenvalue weighted by molar-refractivity contribution is 14.0. The van der Waals surface area contributed by atoms with Crippen molar-refractivity contribution in [2.45, 2.75) is 26.4 Å². The van der Waals surface area contributed by atoms with Crippen molar-refractivity contribution in [1.29, 1.82) is 0 Å². The van der Waals surface area contributed by atoms with E-state index in [2.05, 4.69) is 26.3 Å². The normalized spacial score (nSPS) is 12.7. The Morgan fingerprint density at radius 2 is 2.14 bits per heavy atom. The first kappa shape index (κ1) is 17.6. The van der Waals surface area contributed by atoms with Crippen molar-refractivity contribution >= 4 is 29.9 Å². The Bertz CT molecular complexity index is 588. The number of aromatic nitrogens is 1. The van der Waals surface area contributed by atoms with Gasteiger partial charge in [-0.3, -0.25) is 4.99 Å². The van der Waals surface area contributed by atoms with Crippen LogP contribution in [-0.4, -0.2) is 17.6 Å². The largest absolute Gasteiger partial charge is 0.464 e. The molecule has 116 valence electrons. The van der Waals surface area contributed by atoms with Crippen molar-refractivity contribution < 1.29 is 4.42 Å². The van der Waals surface area contributed by atoms with E-state index in [-0.39, 0.29) is 30.0 Å². The molecule has 0 saturated carbocycles. The Balaban J connectivity index is 0.00000220. The minimum Gasteiger partial charge on any atom is -0.464 e. The summed E-state index contributed by atoms with van der Waals surface area (Å²) in [5, 5.41) is 6.61. The van der Waals surface area contributed by atoms with Gasteiger partial charge < -0.3 is 19.6 Å². The smallest absolute Gasteiger partial charge is 0.191 e. The average molecular weight is 402 g/mol. The van der Waals surface area contributed by atoms with E-state index in [0.29, 0.717) is 0 Å². The molecule has 2 rings (SSSR count). The molecular weight excluding hydrogens is 379 g/mol. The molecule has 0 bridgehead atoms. The van der Waals surface area contributed by atoms with Gasteiger partial charge in [-0.05, 0) is 38.1 Å². The lowest BCUT2D eigenvalue weighted by Gasteiger charge is -2.16. The lowest BCUT2D eigenvalue weighted by Crippen LogP contribution is -2.38. The van der Waals surface area contributed by atoms with E-state index in [0.717, 1.165) is 24.0 Å². The molecule has 2 aromatic heterocycles. The Morgan fingerprint density at radius 1 is 1.38 bits per heavy atom. The number of aryl methyl sites for hydroxylation is 2. The van der Waals surface area contributed by atoms with Crippen molar-refractivity contribution in [2.24, 2.45) is 12.0 Å². The molecule has 0 aromatic carbocycles. The predicted octanol–water partition coefficient (Wildman–Crippen LogP) is 2.97. The monoisotopic (exact) mass is 402 g/mol. The first-order chi connectivity index (χ1) is 9.60. The summed E-state index contributed by atoms with van der Waals surface area (Å²) in [6.07, 6.45) is 2.03. The van der Waals surface area contributed by atoms with Crippen LogP contribution in [0.3, 0.4) is 0 Å². The van der Waals surface area contributed by atoms with Crippen LogP contribution in [0.25, 0.3) is 0 Å². The minimum absolute atomic E-state index is 0. The molecule has 2 heterocycles. The highest BCUT2D eigenvalue weighted by atomic mass is 127. The zero-order valence-corrected chi connectivity index (χ0v) is 15.2. The molecule has 6 heteroatoms. The fraction of sp³-hybridized carbons (Fsp3) is 0.400. The maximum Gasteiger partial charge on any atom is 0.191 e. The summed E-state index contributed by atoms with van der Waals surface area (Å²) in [7, 11) is 3.79. The van der Waals surface area contributed by atoms with Crippen molar-refractivity contribution in [1.82, 2.24) is 15.2 Å². The standard InChI is InChI=1S/C15H22N4O.HI/c1-11-7-8-14(20-11)12(2)18-15(16-3)17-10-13-6-5-9-19(13)4;/h5-9,12H,10H2,1-4H3,(H2,16,17,18);1H. The number of nitrogens with zero attached hydrogens (tertiary/aromatic N) is 2. The minimum atomic E-state index is 0. The van der Waals surface area contributed by atoms with Gasteiger partial charge in [0, 0.05) is 26.0 Å². The number of hydrogen-bond acceptors (Lipinski definition) is 2. The Kier molecular flexibility index (Phi) is 6.80. The Labute approximate surface area is 142 Å². The number of hydrogen-bond donors (Lipinski definition) is 2. The second kappa shape index (κ2) is 8.11. The fourth-order valence-electron chi connectivity index (χ4n) is 2.01. The van der Waals surface area contributed by atoms with Crippen LogP contribution in [-0.2, 0) is 13.6 Å². The number of aliphatic imine (C=N–C) groups is 1.